The van der Waals surface area contributed by atoms with Crippen LogP contribution in [0, 0.1) is 10.1 Å². The molecule has 0 saturated carbocycles. The van der Waals surface area contributed by atoms with Crippen LogP contribution in [0.4, 0.5) is 5.69 Å². The minimum atomic E-state index is -0.492. The predicted octanol–water partition coefficient (Wildman–Crippen LogP) is 2.41. The van der Waals surface area contributed by atoms with Crippen LogP contribution < -0.4 is 5.56 Å². The van der Waals surface area contributed by atoms with E-state index >= 15 is 0 Å². The van der Waals surface area contributed by atoms with E-state index in [4.69, 9.17) is 0 Å². The van der Waals surface area contributed by atoms with Crippen molar-refractivity contribution in [3.8, 4) is 22.6 Å². The van der Waals surface area contributed by atoms with Crippen molar-refractivity contribution in [3.05, 3.63) is 75.3 Å². The Hall–Kier alpha value is -3.35. The molecule has 0 aliphatic carbocycles. The molecule has 3 aromatic rings. The summed E-state index contributed by atoms with van der Waals surface area (Å²) >= 11 is 0. The van der Waals surface area contributed by atoms with Gasteiger partial charge in [-0.2, -0.15) is 0 Å². The number of hydrogen-bond acceptors (Lipinski definition) is 5. The fourth-order valence-electron chi connectivity index (χ4n) is 2.03. The summed E-state index contributed by atoms with van der Waals surface area (Å²) in [6.07, 6.45) is 3.20. The van der Waals surface area contributed by atoms with E-state index in [1.54, 1.807) is 36.7 Å². The average molecular weight is 294 g/mol. The number of hydrogen-bond donors (Lipinski definition) is 1. The van der Waals surface area contributed by atoms with Crippen LogP contribution >= 0.6 is 0 Å². The lowest BCUT2D eigenvalue weighted by atomic mass is 10.1. The first kappa shape index (κ1) is 13.6. The lowest BCUT2D eigenvalue weighted by molar-refractivity contribution is -0.384. The Bertz CT molecular complexity index is 891. The number of nitro benzene ring substituents is 1. The maximum atomic E-state index is 11.8. The first-order chi connectivity index (χ1) is 10.6. The molecule has 1 aromatic carbocycles. The third-order valence-corrected chi connectivity index (χ3v) is 3.05. The fraction of sp³-hybridized carbons (Fsp3) is 0. The van der Waals surface area contributed by atoms with E-state index in [-0.39, 0.29) is 17.1 Å². The van der Waals surface area contributed by atoms with Gasteiger partial charge in [-0.05, 0) is 12.1 Å². The van der Waals surface area contributed by atoms with Gasteiger partial charge in [-0.25, -0.2) is 4.98 Å². The lowest BCUT2D eigenvalue weighted by Crippen LogP contribution is -2.08. The highest BCUT2D eigenvalue weighted by atomic mass is 16.6. The van der Waals surface area contributed by atoms with E-state index in [1.165, 1.54) is 18.2 Å². The first-order valence-corrected chi connectivity index (χ1v) is 6.40. The van der Waals surface area contributed by atoms with E-state index in [0.717, 1.165) is 5.56 Å². The minimum absolute atomic E-state index is 0.0607. The quantitative estimate of drug-likeness (QED) is 0.590. The Morgan fingerprint density at radius 3 is 2.55 bits per heavy atom. The third kappa shape index (κ3) is 2.73. The number of nitrogens with zero attached hydrogens (tertiary/aromatic N) is 3. The lowest BCUT2D eigenvalue weighted by Gasteiger charge is -2.04. The van der Waals surface area contributed by atoms with Crippen LogP contribution in [0.3, 0.4) is 0 Å². The molecule has 22 heavy (non-hydrogen) atoms. The van der Waals surface area contributed by atoms with Crippen molar-refractivity contribution in [2.75, 3.05) is 0 Å². The summed E-state index contributed by atoms with van der Waals surface area (Å²) in [6, 6.07) is 10.8. The molecule has 7 nitrogen and oxygen atoms in total. The van der Waals surface area contributed by atoms with Crippen LogP contribution in [0.15, 0.2) is 59.7 Å². The number of H-pyrrole nitrogens is 1. The SMILES string of the molecule is O=c1cc(-c2ccncc2)nc(-c2cccc([N+](=O)[O-])c2)[nH]1. The fourth-order valence-corrected chi connectivity index (χ4v) is 2.03. The largest absolute Gasteiger partial charge is 0.306 e. The number of nitrogens with one attached hydrogen (secondary N) is 1. The van der Waals surface area contributed by atoms with Crippen molar-refractivity contribution in [2.45, 2.75) is 0 Å². The zero-order valence-electron chi connectivity index (χ0n) is 11.3. The van der Waals surface area contributed by atoms with Gasteiger partial charge in [0.1, 0.15) is 5.82 Å². The highest BCUT2D eigenvalue weighted by Crippen LogP contribution is 2.22. The molecule has 2 aromatic heterocycles. The molecule has 108 valence electrons. The van der Waals surface area contributed by atoms with E-state index in [1.807, 2.05) is 0 Å². The number of pyridine rings is 1. The summed E-state index contributed by atoms with van der Waals surface area (Å²) in [6.45, 7) is 0. The van der Waals surface area contributed by atoms with Gasteiger partial charge in [-0.3, -0.25) is 19.9 Å². The molecule has 0 aliphatic heterocycles. The zero-order valence-corrected chi connectivity index (χ0v) is 11.3. The number of aromatic amines is 1. The Morgan fingerprint density at radius 2 is 1.82 bits per heavy atom. The number of non-ortho nitro benzene ring substituents is 1. The van der Waals surface area contributed by atoms with E-state index in [2.05, 4.69) is 15.0 Å². The van der Waals surface area contributed by atoms with Crippen molar-refractivity contribution in [1.29, 1.82) is 0 Å². The van der Waals surface area contributed by atoms with E-state index < -0.39 is 4.92 Å². The van der Waals surface area contributed by atoms with Crippen LogP contribution in [0.2, 0.25) is 0 Å². The van der Waals surface area contributed by atoms with Crippen LogP contribution in [0.5, 0.6) is 0 Å². The Morgan fingerprint density at radius 1 is 1.05 bits per heavy atom. The smallest absolute Gasteiger partial charge is 0.270 e. The molecule has 0 radical (unpaired) electrons. The Balaban J connectivity index is 2.13. The monoisotopic (exact) mass is 294 g/mol. The normalized spacial score (nSPS) is 10.4. The molecule has 7 heteroatoms. The van der Waals surface area contributed by atoms with E-state index in [9.17, 15) is 14.9 Å². The second-order valence-electron chi connectivity index (χ2n) is 4.52. The number of aromatic nitrogens is 3. The van der Waals surface area contributed by atoms with Crippen molar-refractivity contribution < 1.29 is 4.92 Å². The van der Waals surface area contributed by atoms with Gasteiger partial charge in [0.05, 0.1) is 10.6 Å². The van der Waals surface area contributed by atoms with Crippen molar-refractivity contribution in [2.24, 2.45) is 0 Å². The Labute approximate surface area is 124 Å². The molecule has 0 saturated heterocycles. The maximum Gasteiger partial charge on any atom is 0.270 e. The van der Waals surface area contributed by atoms with Gasteiger partial charge < -0.3 is 4.98 Å². The maximum absolute atomic E-state index is 11.8. The number of nitro groups is 1. The van der Waals surface area contributed by atoms with Gasteiger partial charge in [0.15, 0.2) is 0 Å². The minimum Gasteiger partial charge on any atom is -0.306 e. The number of benzene rings is 1. The first-order valence-electron chi connectivity index (χ1n) is 6.40. The van der Waals surface area contributed by atoms with Gasteiger partial charge in [0.25, 0.3) is 11.2 Å². The van der Waals surface area contributed by atoms with Gasteiger partial charge >= 0.3 is 0 Å². The van der Waals surface area contributed by atoms with Crippen molar-refractivity contribution in [1.82, 2.24) is 15.0 Å². The standard InChI is InChI=1S/C15H10N4O3/c20-14-9-13(10-4-6-16-7-5-10)17-15(18-14)11-2-1-3-12(8-11)19(21)22/h1-9H,(H,17,18,20). The molecule has 1 N–H and O–H groups in total. The van der Waals surface area contributed by atoms with Gasteiger partial charge in [0, 0.05) is 41.7 Å². The molecule has 0 aliphatic rings. The van der Waals surface area contributed by atoms with Gasteiger partial charge in [-0.15, -0.1) is 0 Å². The topological polar surface area (TPSA) is 102 Å². The predicted molar refractivity (Wildman–Crippen MR) is 80.2 cm³/mol. The summed E-state index contributed by atoms with van der Waals surface area (Å²) in [7, 11) is 0. The number of rotatable bonds is 3. The molecular formula is C15H10N4O3. The molecule has 0 spiro atoms. The van der Waals surface area contributed by atoms with Gasteiger partial charge in [0.2, 0.25) is 0 Å². The summed E-state index contributed by atoms with van der Waals surface area (Å²) in [5, 5.41) is 10.8. The molecule has 3 rings (SSSR count). The summed E-state index contributed by atoms with van der Waals surface area (Å²) in [5.74, 6) is 0.281. The molecule has 0 unspecified atom stereocenters. The average Bonchev–Trinajstić information content (AvgIpc) is 2.55. The highest BCUT2D eigenvalue weighted by molar-refractivity contribution is 5.64. The molecule has 0 amide bonds. The van der Waals surface area contributed by atoms with Crippen LogP contribution in [0.1, 0.15) is 0 Å². The highest BCUT2D eigenvalue weighted by Gasteiger charge is 2.10. The molecule has 0 atom stereocenters. The molecular weight excluding hydrogens is 284 g/mol. The summed E-state index contributed by atoms with van der Waals surface area (Å²) in [4.78, 5) is 33.1. The van der Waals surface area contributed by atoms with Gasteiger partial charge in [-0.1, -0.05) is 12.1 Å². The van der Waals surface area contributed by atoms with E-state index in [0.29, 0.717) is 11.3 Å². The third-order valence-electron chi connectivity index (χ3n) is 3.05. The second-order valence-corrected chi connectivity index (χ2v) is 4.52. The Kier molecular flexibility index (Phi) is 3.45. The second kappa shape index (κ2) is 5.57. The van der Waals surface area contributed by atoms with Crippen molar-refractivity contribution in [3.63, 3.8) is 0 Å². The van der Waals surface area contributed by atoms with Crippen LogP contribution in [0.25, 0.3) is 22.6 Å². The molecule has 0 fully saturated rings. The molecule has 0 bridgehead atoms. The summed E-state index contributed by atoms with van der Waals surface area (Å²) in [5.41, 5.74) is 1.31. The van der Waals surface area contributed by atoms with Crippen LogP contribution in [-0.4, -0.2) is 19.9 Å². The zero-order chi connectivity index (χ0) is 15.5. The van der Waals surface area contributed by atoms with Crippen molar-refractivity contribution >= 4 is 5.69 Å². The van der Waals surface area contributed by atoms with Crippen LogP contribution in [-0.2, 0) is 0 Å². The molecule has 2 heterocycles. The summed E-state index contributed by atoms with van der Waals surface area (Å²) < 4.78 is 0.